The smallest absolute Gasteiger partial charge is 0.333 e. The molecule has 0 saturated heterocycles. The maximum absolute atomic E-state index is 12.2. The van der Waals surface area contributed by atoms with Gasteiger partial charge in [-0.25, -0.2) is 4.79 Å². The van der Waals surface area contributed by atoms with E-state index in [1.807, 2.05) is 19.1 Å². The lowest BCUT2D eigenvalue weighted by Gasteiger charge is -2.12. The molecule has 0 N–H and O–H groups in total. The van der Waals surface area contributed by atoms with Crippen molar-refractivity contribution in [1.29, 1.82) is 0 Å². The Morgan fingerprint density at radius 3 is 2.30 bits per heavy atom. The first-order valence-corrected chi connectivity index (χ1v) is 8.88. The number of carbonyl (C=O) groups is 2. The van der Waals surface area contributed by atoms with E-state index >= 15 is 0 Å². The van der Waals surface area contributed by atoms with Crippen LogP contribution in [0.4, 0.5) is 0 Å². The summed E-state index contributed by atoms with van der Waals surface area (Å²) in [5, 5.41) is 0.0907. The van der Waals surface area contributed by atoms with E-state index in [0.29, 0.717) is 17.2 Å². The van der Waals surface area contributed by atoms with Crippen LogP contribution in [0.15, 0.2) is 36.4 Å². The van der Waals surface area contributed by atoms with Gasteiger partial charge < -0.3 is 4.74 Å². The van der Waals surface area contributed by atoms with Gasteiger partial charge in [-0.15, -0.1) is 0 Å². The average molecular weight is 334 g/mol. The monoisotopic (exact) mass is 334 g/mol. The van der Waals surface area contributed by atoms with Crippen LogP contribution in [0.2, 0.25) is 0 Å². The topological polar surface area (TPSA) is 43.4 Å². The summed E-state index contributed by atoms with van der Waals surface area (Å²) in [5.74, 6) is 0.516. The van der Waals surface area contributed by atoms with Crippen molar-refractivity contribution in [3.8, 4) is 0 Å². The standard InChI is InChI=1S/C19H26O3S/c1-13(2)12-16-6-8-17(9-7-16)15(5)19(21)23-11-10-22-18(20)14(3)4/h6-9,13,15H,3,10-12H2,1-2,4-5H3. The fourth-order valence-electron chi connectivity index (χ4n) is 2.07. The minimum absolute atomic E-state index is 0.0907. The van der Waals surface area contributed by atoms with Gasteiger partial charge in [-0.05, 0) is 30.4 Å². The number of hydrogen-bond acceptors (Lipinski definition) is 4. The molecule has 1 unspecified atom stereocenters. The summed E-state index contributed by atoms with van der Waals surface area (Å²) < 4.78 is 4.98. The molecule has 3 nitrogen and oxygen atoms in total. The van der Waals surface area contributed by atoms with Gasteiger partial charge in [-0.2, -0.15) is 0 Å². The maximum Gasteiger partial charge on any atom is 0.333 e. The van der Waals surface area contributed by atoms with Crippen molar-refractivity contribution in [3.05, 3.63) is 47.5 Å². The molecule has 0 aliphatic carbocycles. The first-order chi connectivity index (χ1) is 10.8. The fourth-order valence-corrected chi connectivity index (χ4v) is 2.83. The Bertz CT molecular complexity index is 546. The zero-order chi connectivity index (χ0) is 17.4. The number of ether oxygens (including phenoxy) is 1. The van der Waals surface area contributed by atoms with Crippen molar-refractivity contribution in [3.63, 3.8) is 0 Å². The number of benzene rings is 1. The summed E-state index contributed by atoms with van der Waals surface area (Å²) >= 11 is 1.20. The van der Waals surface area contributed by atoms with Crippen LogP contribution in [0.25, 0.3) is 0 Å². The minimum atomic E-state index is -0.410. The quantitative estimate of drug-likeness (QED) is 0.402. The van der Waals surface area contributed by atoms with Crippen molar-refractivity contribution in [2.75, 3.05) is 12.4 Å². The van der Waals surface area contributed by atoms with E-state index in [2.05, 4.69) is 32.6 Å². The maximum atomic E-state index is 12.2. The van der Waals surface area contributed by atoms with E-state index in [-0.39, 0.29) is 17.6 Å². The molecule has 0 spiro atoms. The summed E-state index contributed by atoms with van der Waals surface area (Å²) in [6.07, 6.45) is 1.05. The van der Waals surface area contributed by atoms with Gasteiger partial charge in [0.2, 0.25) is 0 Å². The largest absolute Gasteiger partial charge is 0.461 e. The molecule has 1 aromatic carbocycles. The number of carbonyl (C=O) groups excluding carboxylic acids is 2. The average Bonchev–Trinajstić information content (AvgIpc) is 2.50. The molecule has 1 aromatic rings. The molecule has 0 heterocycles. The second-order valence-electron chi connectivity index (χ2n) is 6.14. The van der Waals surface area contributed by atoms with E-state index in [4.69, 9.17) is 4.74 Å². The van der Waals surface area contributed by atoms with E-state index in [1.54, 1.807) is 6.92 Å². The van der Waals surface area contributed by atoms with Gasteiger partial charge >= 0.3 is 5.97 Å². The predicted molar refractivity (Wildman–Crippen MR) is 96.6 cm³/mol. The summed E-state index contributed by atoms with van der Waals surface area (Å²) in [7, 11) is 0. The Kier molecular flexibility index (Phi) is 8.10. The molecule has 1 atom stereocenters. The number of hydrogen-bond donors (Lipinski definition) is 0. The highest BCUT2D eigenvalue weighted by molar-refractivity contribution is 8.13. The minimum Gasteiger partial charge on any atom is -0.461 e. The van der Waals surface area contributed by atoms with Gasteiger partial charge in [0.15, 0.2) is 5.12 Å². The molecular weight excluding hydrogens is 308 g/mol. The summed E-state index contributed by atoms with van der Waals surface area (Å²) in [4.78, 5) is 23.4. The fraction of sp³-hybridized carbons (Fsp3) is 0.474. The zero-order valence-electron chi connectivity index (χ0n) is 14.4. The summed E-state index contributed by atoms with van der Waals surface area (Å²) in [6, 6.07) is 8.25. The van der Waals surface area contributed by atoms with Gasteiger partial charge in [0.05, 0.1) is 5.92 Å². The van der Waals surface area contributed by atoms with Crippen LogP contribution in [0.1, 0.15) is 44.7 Å². The SMILES string of the molecule is C=C(C)C(=O)OCCSC(=O)C(C)c1ccc(CC(C)C)cc1. The molecule has 0 bridgehead atoms. The molecule has 0 radical (unpaired) electrons. The molecule has 0 aliphatic heterocycles. The van der Waals surface area contributed by atoms with Crippen LogP contribution in [-0.4, -0.2) is 23.4 Å². The first kappa shape index (κ1) is 19.5. The van der Waals surface area contributed by atoms with Crippen LogP contribution < -0.4 is 0 Å². The van der Waals surface area contributed by atoms with E-state index in [0.717, 1.165) is 12.0 Å². The molecule has 0 aliphatic rings. The number of esters is 1. The number of rotatable bonds is 8. The molecular formula is C19H26O3S. The van der Waals surface area contributed by atoms with Crippen molar-refractivity contribution in [2.45, 2.75) is 40.0 Å². The Balaban J connectivity index is 2.44. The molecule has 4 heteroatoms. The lowest BCUT2D eigenvalue weighted by atomic mass is 9.97. The lowest BCUT2D eigenvalue weighted by Crippen LogP contribution is -2.11. The van der Waals surface area contributed by atoms with Crippen LogP contribution in [0, 0.1) is 5.92 Å². The molecule has 23 heavy (non-hydrogen) atoms. The predicted octanol–water partition coefficient (Wildman–Crippen LogP) is 4.37. The Morgan fingerprint density at radius 1 is 1.17 bits per heavy atom. The van der Waals surface area contributed by atoms with Gasteiger partial charge in [-0.1, -0.05) is 63.4 Å². The molecule has 126 valence electrons. The van der Waals surface area contributed by atoms with Crippen molar-refractivity contribution >= 4 is 22.8 Å². The van der Waals surface area contributed by atoms with E-state index < -0.39 is 5.97 Å². The summed E-state index contributed by atoms with van der Waals surface area (Å²) in [6.45, 7) is 11.6. The highest BCUT2D eigenvalue weighted by Crippen LogP contribution is 2.23. The van der Waals surface area contributed by atoms with E-state index in [9.17, 15) is 9.59 Å². The third-order valence-corrected chi connectivity index (χ3v) is 4.40. The summed E-state index contributed by atoms with van der Waals surface area (Å²) in [5.41, 5.74) is 2.69. The zero-order valence-corrected chi connectivity index (χ0v) is 15.2. The molecule has 1 rings (SSSR count). The van der Waals surface area contributed by atoms with Crippen molar-refractivity contribution < 1.29 is 14.3 Å². The van der Waals surface area contributed by atoms with Crippen molar-refractivity contribution in [2.24, 2.45) is 5.92 Å². The van der Waals surface area contributed by atoms with Crippen LogP contribution in [0.3, 0.4) is 0 Å². The third kappa shape index (κ3) is 7.04. The van der Waals surface area contributed by atoms with Gasteiger partial charge in [-0.3, -0.25) is 4.79 Å². The van der Waals surface area contributed by atoms with Gasteiger partial charge in [0.25, 0.3) is 0 Å². The highest BCUT2D eigenvalue weighted by atomic mass is 32.2. The van der Waals surface area contributed by atoms with Crippen LogP contribution in [0.5, 0.6) is 0 Å². The Labute approximate surface area is 143 Å². The second-order valence-corrected chi connectivity index (χ2v) is 7.24. The van der Waals surface area contributed by atoms with Gasteiger partial charge in [0.1, 0.15) is 6.61 Å². The van der Waals surface area contributed by atoms with Crippen LogP contribution >= 0.6 is 11.8 Å². The highest BCUT2D eigenvalue weighted by Gasteiger charge is 2.16. The Hall–Kier alpha value is -1.55. The first-order valence-electron chi connectivity index (χ1n) is 7.89. The second kappa shape index (κ2) is 9.56. The third-order valence-electron chi connectivity index (χ3n) is 3.39. The number of thioether (sulfide) groups is 1. The van der Waals surface area contributed by atoms with Crippen LogP contribution in [-0.2, 0) is 20.7 Å². The molecule has 0 aromatic heterocycles. The molecule has 0 amide bonds. The molecule has 0 fully saturated rings. The van der Waals surface area contributed by atoms with E-state index in [1.165, 1.54) is 17.3 Å². The molecule has 0 saturated carbocycles. The van der Waals surface area contributed by atoms with Gasteiger partial charge in [0, 0.05) is 11.3 Å². The normalized spacial score (nSPS) is 12.0. The Morgan fingerprint density at radius 2 is 1.78 bits per heavy atom. The lowest BCUT2D eigenvalue weighted by molar-refractivity contribution is -0.138. The van der Waals surface area contributed by atoms with Crippen molar-refractivity contribution in [1.82, 2.24) is 0 Å².